The maximum absolute atomic E-state index is 13.2. The molecule has 0 bridgehead atoms. The van der Waals surface area contributed by atoms with Gasteiger partial charge in [-0.05, 0) is 45.6 Å². The van der Waals surface area contributed by atoms with Gasteiger partial charge >= 0.3 is 6.09 Å². The van der Waals surface area contributed by atoms with Crippen LogP contribution in [0.15, 0.2) is 18.2 Å². The van der Waals surface area contributed by atoms with Crippen LogP contribution in [0.2, 0.25) is 0 Å². The summed E-state index contributed by atoms with van der Waals surface area (Å²) < 4.78 is 22.0. The smallest absolute Gasteiger partial charge is 0.410 e. The zero-order valence-electron chi connectivity index (χ0n) is 20.6. The summed E-state index contributed by atoms with van der Waals surface area (Å²) in [4.78, 5) is 29.2. The van der Waals surface area contributed by atoms with Crippen molar-refractivity contribution < 1.29 is 28.5 Å². The van der Waals surface area contributed by atoms with E-state index in [4.69, 9.17) is 18.9 Å². The lowest BCUT2D eigenvalue weighted by molar-refractivity contribution is -0.136. The van der Waals surface area contributed by atoms with Crippen LogP contribution in [0.3, 0.4) is 0 Å². The van der Waals surface area contributed by atoms with Gasteiger partial charge in [-0.3, -0.25) is 4.79 Å². The summed E-state index contributed by atoms with van der Waals surface area (Å²) in [6.45, 7) is 7.69. The van der Waals surface area contributed by atoms with Gasteiger partial charge in [-0.2, -0.15) is 0 Å². The highest BCUT2D eigenvalue weighted by molar-refractivity contribution is 5.83. The van der Waals surface area contributed by atoms with Crippen molar-refractivity contribution >= 4 is 17.6 Å². The van der Waals surface area contributed by atoms with E-state index in [1.807, 2.05) is 37.8 Å². The summed E-state index contributed by atoms with van der Waals surface area (Å²) in [6.07, 6.45) is 3.98. The first-order chi connectivity index (χ1) is 15.7. The highest BCUT2D eigenvalue weighted by atomic mass is 16.6. The number of carbonyl (C=O) groups excluding carboxylic acids is 2. The molecule has 0 radical (unpaired) electrons. The van der Waals surface area contributed by atoms with Crippen molar-refractivity contribution in [3.63, 3.8) is 0 Å². The van der Waals surface area contributed by atoms with Gasteiger partial charge in [0.25, 0.3) is 0 Å². The Kier molecular flexibility index (Phi) is 7.76. The molecule has 2 aliphatic heterocycles. The fourth-order valence-electron chi connectivity index (χ4n) is 4.35. The van der Waals surface area contributed by atoms with E-state index in [2.05, 4.69) is 6.08 Å². The van der Waals surface area contributed by atoms with Crippen molar-refractivity contribution in [1.29, 1.82) is 0 Å². The van der Waals surface area contributed by atoms with Gasteiger partial charge in [0.1, 0.15) is 22.8 Å². The Morgan fingerprint density at radius 3 is 2.15 bits per heavy atom. The third kappa shape index (κ3) is 5.92. The normalized spacial score (nSPS) is 19.0. The monoisotopic (exact) mass is 460 g/mol. The second-order valence-electron chi connectivity index (χ2n) is 9.44. The average Bonchev–Trinajstić information content (AvgIpc) is 2.81. The Morgan fingerprint density at radius 1 is 0.970 bits per heavy atom. The molecule has 2 amide bonds. The summed E-state index contributed by atoms with van der Waals surface area (Å²) in [7, 11) is 4.85. The van der Waals surface area contributed by atoms with Crippen molar-refractivity contribution in [2.45, 2.75) is 45.6 Å². The van der Waals surface area contributed by atoms with Crippen LogP contribution in [0.5, 0.6) is 17.2 Å². The summed E-state index contributed by atoms with van der Waals surface area (Å²) in [5.41, 5.74) is 1.42. The minimum absolute atomic E-state index is 0.0900. The van der Waals surface area contributed by atoms with Crippen molar-refractivity contribution in [3.8, 4) is 17.2 Å². The first-order valence-electron chi connectivity index (χ1n) is 11.4. The minimum atomic E-state index is -0.550. The van der Waals surface area contributed by atoms with E-state index < -0.39 is 5.60 Å². The van der Waals surface area contributed by atoms with Crippen LogP contribution in [-0.2, 0) is 9.53 Å². The van der Waals surface area contributed by atoms with E-state index in [1.54, 1.807) is 26.2 Å². The number of carbonyl (C=O) groups is 2. The Balaban J connectivity index is 1.70. The highest BCUT2D eigenvalue weighted by Crippen LogP contribution is 2.41. The molecule has 8 nitrogen and oxygen atoms in total. The van der Waals surface area contributed by atoms with Crippen LogP contribution in [-0.4, -0.2) is 74.9 Å². The van der Waals surface area contributed by atoms with Gasteiger partial charge in [0, 0.05) is 38.3 Å². The quantitative estimate of drug-likeness (QED) is 0.662. The molecule has 1 fully saturated rings. The third-order valence-electron chi connectivity index (χ3n) is 5.98. The number of methoxy groups -OCH3 is 3. The second kappa shape index (κ2) is 10.4. The van der Waals surface area contributed by atoms with Gasteiger partial charge in [-0.15, -0.1) is 0 Å². The van der Waals surface area contributed by atoms with Crippen LogP contribution in [0, 0.1) is 5.92 Å². The SMILES string of the molecule is COc1cc(OC)c(C2=CCN(C(=O)C3CCCN(C(=O)OC(C)(C)C)C3)CC2)c(OC)c1. The summed E-state index contributed by atoms with van der Waals surface area (Å²) in [5.74, 6) is 1.90. The van der Waals surface area contributed by atoms with Crippen molar-refractivity contribution in [2.24, 2.45) is 5.92 Å². The third-order valence-corrected chi connectivity index (χ3v) is 5.98. The summed E-state index contributed by atoms with van der Waals surface area (Å²) in [6, 6.07) is 3.67. The lowest BCUT2D eigenvalue weighted by Crippen LogP contribution is -2.48. The number of rotatable bonds is 5. The number of hydrogen-bond acceptors (Lipinski definition) is 6. The molecule has 1 saturated heterocycles. The number of likely N-dealkylation sites (tertiary alicyclic amines) is 1. The average molecular weight is 461 g/mol. The Labute approximate surface area is 196 Å². The van der Waals surface area contributed by atoms with Crippen LogP contribution in [0.25, 0.3) is 5.57 Å². The van der Waals surface area contributed by atoms with Crippen molar-refractivity contribution in [1.82, 2.24) is 9.80 Å². The van der Waals surface area contributed by atoms with E-state index >= 15 is 0 Å². The van der Waals surface area contributed by atoms with Crippen LogP contribution in [0.1, 0.15) is 45.6 Å². The zero-order valence-corrected chi connectivity index (χ0v) is 20.6. The molecule has 1 unspecified atom stereocenters. The Bertz CT molecular complexity index is 880. The molecule has 2 aliphatic rings. The molecule has 8 heteroatoms. The van der Waals surface area contributed by atoms with Crippen molar-refractivity contribution in [2.75, 3.05) is 47.5 Å². The number of benzene rings is 1. The maximum Gasteiger partial charge on any atom is 0.410 e. The number of amides is 2. The lowest BCUT2D eigenvalue weighted by atomic mass is 9.94. The van der Waals surface area contributed by atoms with Gasteiger partial charge in [0.2, 0.25) is 5.91 Å². The predicted octanol–water partition coefficient (Wildman–Crippen LogP) is 3.98. The topological polar surface area (TPSA) is 77.5 Å². The van der Waals surface area contributed by atoms with Gasteiger partial charge < -0.3 is 28.7 Å². The number of hydrogen-bond donors (Lipinski definition) is 0. The van der Waals surface area contributed by atoms with E-state index in [1.165, 1.54) is 0 Å². The Hall–Kier alpha value is -2.90. The maximum atomic E-state index is 13.2. The van der Waals surface area contributed by atoms with Crippen molar-refractivity contribution in [3.05, 3.63) is 23.8 Å². The molecule has 33 heavy (non-hydrogen) atoms. The molecule has 0 aromatic heterocycles. The molecular formula is C25H36N2O6. The number of nitrogens with zero attached hydrogens (tertiary/aromatic N) is 2. The first kappa shape index (κ1) is 24.7. The van der Waals surface area contributed by atoms with Crippen LogP contribution >= 0.6 is 0 Å². The van der Waals surface area contributed by atoms with Crippen LogP contribution < -0.4 is 14.2 Å². The van der Waals surface area contributed by atoms with E-state index in [0.29, 0.717) is 49.8 Å². The van der Waals surface area contributed by atoms with Crippen LogP contribution in [0.4, 0.5) is 4.79 Å². The minimum Gasteiger partial charge on any atom is -0.496 e. The largest absolute Gasteiger partial charge is 0.496 e. The van der Waals surface area contributed by atoms with Gasteiger partial charge in [-0.25, -0.2) is 4.79 Å². The lowest BCUT2D eigenvalue weighted by Gasteiger charge is -2.36. The standard InChI is InChI=1S/C25H36N2O6/c1-25(2,3)33-24(29)27-11-7-8-18(16-27)23(28)26-12-9-17(10-13-26)22-20(31-5)14-19(30-4)15-21(22)32-6/h9,14-15,18H,7-8,10-13,16H2,1-6H3. The summed E-state index contributed by atoms with van der Waals surface area (Å²) >= 11 is 0. The molecular weight excluding hydrogens is 424 g/mol. The van der Waals surface area contributed by atoms with E-state index in [9.17, 15) is 9.59 Å². The predicted molar refractivity (Wildman–Crippen MR) is 126 cm³/mol. The molecule has 0 aliphatic carbocycles. The molecule has 1 aromatic carbocycles. The first-order valence-corrected chi connectivity index (χ1v) is 11.4. The molecule has 3 rings (SSSR count). The Morgan fingerprint density at radius 2 is 1.64 bits per heavy atom. The van der Waals surface area contributed by atoms with E-state index in [-0.39, 0.29) is 17.9 Å². The molecule has 2 heterocycles. The second-order valence-corrected chi connectivity index (χ2v) is 9.44. The fourth-order valence-corrected chi connectivity index (χ4v) is 4.35. The molecule has 0 spiro atoms. The van der Waals surface area contributed by atoms with Gasteiger partial charge in [0.15, 0.2) is 0 Å². The highest BCUT2D eigenvalue weighted by Gasteiger charge is 2.34. The number of ether oxygens (including phenoxy) is 4. The molecule has 182 valence electrons. The molecule has 1 atom stereocenters. The zero-order chi connectivity index (χ0) is 24.2. The summed E-state index contributed by atoms with van der Waals surface area (Å²) in [5, 5.41) is 0. The fraction of sp³-hybridized carbons (Fsp3) is 0.600. The van der Waals surface area contributed by atoms with E-state index in [0.717, 1.165) is 24.0 Å². The van der Waals surface area contributed by atoms with Gasteiger partial charge in [-0.1, -0.05) is 6.08 Å². The molecule has 1 aromatic rings. The van der Waals surface area contributed by atoms with Gasteiger partial charge in [0.05, 0.1) is 32.8 Å². The number of piperidine rings is 1. The molecule has 0 saturated carbocycles. The molecule has 0 N–H and O–H groups in total.